The third-order valence-electron chi connectivity index (χ3n) is 2.46. The summed E-state index contributed by atoms with van der Waals surface area (Å²) >= 11 is 7.02. The molecule has 5 heteroatoms. The molecule has 0 saturated carbocycles. The van der Waals surface area contributed by atoms with Gasteiger partial charge in [0, 0.05) is 21.6 Å². The molecule has 0 aliphatic heterocycles. The van der Waals surface area contributed by atoms with Crippen molar-refractivity contribution in [2.45, 2.75) is 33.2 Å². The van der Waals surface area contributed by atoms with Gasteiger partial charge in [-0.3, -0.25) is 0 Å². The van der Waals surface area contributed by atoms with Gasteiger partial charge in [0.15, 0.2) is 0 Å². The van der Waals surface area contributed by atoms with Gasteiger partial charge in [-0.25, -0.2) is 0 Å². The molecule has 19 heavy (non-hydrogen) atoms. The molecule has 1 aromatic carbocycles. The number of halogens is 3. The van der Waals surface area contributed by atoms with Crippen molar-refractivity contribution in [1.82, 2.24) is 5.32 Å². The second-order valence-corrected chi connectivity index (χ2v) is 9.32. The van der Waals surface area contributed by atoms with Crippen molar-refractivity contribution in [3.63, 3.8) is 0 Å². The first-order valence-corrected chi connectivity index (χ1v) is 9.45. The summed E-state index contributed by atoms with van der Waals surface area (Å²) in [6, 6.07) is 4.30. The van der Waals surface area contributed by atoms with Crippen molar-refractivity contribution in [3.8, 4) is 5.75 Å². The summed E-state index contributed by atoms with van der Waals surface area (Å²) in [5.74, 6) is 1.51. The monoisotopic (exact) mass is 599 g/mol. The molecule has 0 amide bonds. The fourth-order valence-electron chi connectivity index (χ4n) is 1.43. The van der Waals surface area contributed by atoms with Crippen molar-refractivity contribution in [1.29, 1.82) is 0 Å². The molecule has 1 N–H and O–H groups in total. The van der Waals surface area contributed by atoms with Gasteiger partial charge in [-0.05, 0) is 101 Å². The van der Waals surface area contributed by atoms with E-state index in [1.54, 1.807) is 0 Å². The fourth-order valence-corrected chi connectivity index (χ4v) is 5.33. The zero-order valence-corrected chi connectivity index (χ0v) is 18.2. The molecule has 0 aliphatic rings. The van der Waals surface area contributed by atoms with Gasteiger partial charge in [0.05, 0.1) is 13.7 Å². The lowest BCUT2D eigenvalue weighted by Crippen LogP contribution is -2.39. The molecule has 1 atom stereocenters. The predicted octanol–water partition coefficient (Wildman–Crippen LogP) is 4.90. The van der Waals surface area contributed by atoms with Gasteiger partial charge in [0.1, 0.15) is 5.75 Å². The Labute approximate surface area is 157 Å². The van der Waals surface area contributed by atoms with Crippen LogP contribution in [-0.4, -0.2) is 18.7 Å². The molecule has 0 fully saturated rings. The van der Waals surface area contributed by atoms with Crippen LogP contribution in [0.2, 0.25) is 0 Å². The summed E-state index contributed by atoms with van der Waals surface area (Å²) in [6.45, 7) is 10.5. The summed E-state index contributed by atoms with van der Waals surface area (Å²) < 4.78 is 9.61. The third kappa shape index (κ3) is 7.12. The number of hydrogen-bond acceptors (Lipinski definition) is 2. The van der Waals surface area contributed by atoms with Crippen molar-refractivity contribution in [3.05, 3.63) is 22.8 Å². The minimum absolute atomic E-state index is 0.167. The largest absolute Gasteiger partial charge is 0.491 e. The molecule has 0 saturated heterocycles. The SMILES string of the molecule is CC(CNC(C)(C)C)COc1c(I)cc(I)cc1I. The van der Waals surface area contributed by atoms with Crippen LogP contribution < -0.4 is 10.1 Å². The fraction of sp³-hybridized carbons (Fsp3) is 0.571. The quantitative estimate of drug-likeness (QED) is 0.487. The van der Waals surface area contributed by atoms with E-state index in [0.717, 1.165) is 18.9 Å². The van der Waals surface area contributed by atoms with E-state index in [0.29, 0.717) is 5.92 Å². The molecule has 1 rings (SSSR count). The van der Waals surface area contributed by atoms with Gasteiger partial charge in [-0.1, -0.05) is 6.92 Å². The molecule has 0 spiro atoms. The predicted molar refractivity (Wildman–Crippen MR) is 107 cm³/mol. The topological polar surface area (TPSA) is 21.3 Å². The Morgan fingerprint density at radius 3 is 2.16 bits per heavy atom. The second kappa shape index (κ2) is 7.98. The van der Waals surface area contributed by atoms with E-state index in [1.807, 2.05) is 0 Å². The van der Waals surface area contributed by atoms with Gasteiger partial charge in [-0.15, -0.1) is 0 Å². The molecule has 2 nitrogen and oxygen atoms in total. The maximum absolute atomic E-state index is 5.99. The van der Waals surface area contributed by atoms with Crippen molar-refractivity contribution in [2.75, 3.05) is 13.2 Å². The number of benzene rings is 1. The number of hydrogen-bond donors (Lipinski definition) is 1. The molecule has 108 valence electrons. The van der Waals surface area contributed by atoms with Crippen LogP contribution in [0.5, 0.6) is 5.75 Å². The molecule has 0 aromatic heterocycles. The molecule has 0 radical (unpaired) electrons. The van der Waals surface area contributed by atoms with Crippen LogP contribution in [0.25, 0.3) is 0 Å². The highest BCUT2D eigenvalue weighted by atomic mass is 127. The first-order chi connectivity index (χ1) is 8.69. The summed E-state index contributed by atoms with van der Waals surface area (Å²) in [5, 5.41) is 3.51. The van der Waals surface area contributed by atoms with Crippen LogP contribution >= 0.6 is 67.8 Å². The van der Waals surface area contributed by atoms with Crippen molar-refractivity contribution >= 4 is 67.8 Å². The van der Waals surface area contributed by atoms with E-state index >= 15 is 0 Å². The van der Waals surface area contributed by atoms with Crippen LogP contribution in [0, 0.1) is 16.6 Å². The zero-order chi connectivity index (χ0) is 14.6. The van der Waals surface area contributed by atoms with Gasteiger partial charge in [0.25, 0.3) is 0 Å². The van der Waals surface area contributed by atoms with Crippen LogP contribution in [-0.2, 0) is 0 Å². The smallest absolute Gasteiger partial charge is 0.146 e. The molecule has 0 heterocycles. The van der Waals surface area contributed by atoms with Crippen molar-refractivity contribution in [2.24, 2.45) is 5.92 Å². The van der Waals surface area contributed by atoms with Gasteiger partial charge >= 0.3 is 0 Å². The van der Waals surface area contributed by atoms with Crippen LogP contribution in [0.1, 0.15) is 27.7 Å². The maximum Gasteiger partial charge on any atom is 0.146 e. The molecule has 1 aromatic rings. The van der Waals surface area contributed by atoms with E-state index in [2.05, 4.69) is 113 Å². The minimum atomic E-state index is 0.167. The zero-order valence-electron chi connectivity index (χ0n) is 11.7. The van der Waals surface area contributed by atoms with E-state index < -0.39 is 0 Å². The number of nitrogens with one attached hydrogen (secondary N) is 1. The third-order valence-corrected chi connectivity index (χ3v) is 4.68. The van der Waals surface area contributed by atoms with Gasteiger partial charge in [-0.2, -0.15) is 0 Å². The molecule has 0 aliphatic carbocycles. The number of rotatable bonds is 5. The second-order valence-electron chi connectivity index (χ2n) is 5.75. The van der Waals surface area contributed by atoms with Crippen LogP contribution in [0.3, 0.4) is 0 Å². The molecular weight excluding hydrogens is 579 g/mol. The average molecular weight is 599 g/mol. The molecular formula is C14H20I3NO. The Kier molecular flexibility index (Phi) is 7.65. The standard InChI is InChI=1S/C14H20I3NO/c1-9(7-18-14(2,3)4)8-19-13-11(16)5-10(15)6-12(13)17/h5-6,9,18H,7-8H2,1-4H3. The average Bonchev–Trinajstić information content (AvgIpc) is 2.23. The summed E-state index contributed by atoms with van der Waals surface area (Å²) in [4.78, 5) is 0. The summed E-state index contributed by atoms with van der Waals surface area (Å²) in [5.41, 5.74) is 0.167. The van der Waals surface area contributed by atoms with E-state index in [4.69, 9.17) is 4.74 Å². The Balaban J connectivity index is 2.53. The highest BCUT2D eigenvalue weighted by Crippen LogP contribution is 2.29. The van der Waals surface area contributed by atoms with Gasteiger partial charge < -0.3 is 10.1 Å². The Hall–Kier alpha value is 1.17. The van der Waals surface area contributed by atoms with E-state index in [9.17, 15) is 0 Å². The first kappa shape index (κ1) is 18.2. The normalized spacial score (nSPS) is 13.4. The first-order valence-electron chi connectivity index (χ1n) is 6.21. The van der Waals surface area contributed by atoms with Crippen LogP contribution in [0.15, 0.2) is 12.1 Å². The Morgan fingerprint density at radius 2 is 1.68 bits per heavy atom. The van der Waals surface area contributed by atoms with E-state index in [-0.39, 0.29) is 5.54 Å². The summed E-state index contributed by atoms with van der Waals surface area (Å²) in [7, 11) is 0. The van der Waals surface area contributed by atoms with Crippen LogP contribution in [0.4, 0.5) is 0 Å². The highest BCUT2D eigenvalue weighted by Gasteiger charge is 2.13. The van der Waals surface area contributed by atoms with Gasteiger partial charge in [0.2, 0.25) is 0 Å². The highest BCUT2D eigenvalue weighted by molar-refractivity contribution is 14.1. The van der Waals surface area contributed by atoms with E-state index in [1.165, 1.54) is 10.7 Å². The molecule has 1 unspecified atom stereocenters. The Bertz CT molecular complexity index is 406. The lowest BCUT2D eigenvalue weighted by atomic mass is 10.1. The Morgan fingerprint density at radius 1 is 1.16 bits per heavy atom. The summed E-state index contributed by atoms with van der Waals surface area (Å²) in [6.07, 6.45) is 0. The minimum Gasteiger partial charge on any atom is -0.491 e. The lowest BCUT2D eigenvalue weighted by molar-refractivity contribution is 0.241. The van der Waals surface area contributed by atoms with Crippen molar-refractivity contribution < 1.29 is 4.74 Å². The maximum atomic E-state index is 5.99. The number of ether oxygens (including phenoxy) is 1. The lowest BCUT2D eigenvalue weighted by Gasteiger charge is -2.23. The molecule has 0 bridgehead atoms.